The first-order chi connectivity index (χ1) is 7.38. The van der Waals surface area contributed by atoms with Crippen LogP contribution in [0.5, 0.6) is 0 Å². The Bertz CT molecular complexity index is 283. The van der Waals surface area contributed by atoms with Gasteiger partial charge in [-0.2, -0.15) is 0 Å². The van der Waals surface area contributed by atoms with Gasteiger partial charge >= 0.3 is 11.9 Å². The van der Waals surface area contributed by atoms with Gasteiger partial charge in [-0.15, -0.1) is 0 Å². The van der Waals surface area contributed by atoms with Crippen molar-refractivity contribution in [3.63, 3.8) is 0 Å². The number of carboxylic acids is 1. The summed E-state index contributed by atoms with van der Waals surface area (Å²) in [4.78, 5) is 22.5. The van der Waals surface area contributed by atoms with E-state index in [1.165, 1.54) is 7.11 Å². The average molecular weight is 228 g/mol. The number of hydrogen-bond acceptors (Lipinski definition) is 3. The minimum atomic E-state index is -0.839. The van der Waals surface area contributed by atoms with Crippen LogP contribution in [0.2, 0.25) is 0 Å². The van der Waals surface area contributed by atoms with Crippen molar-refractivity contribution >= 4 is 11.9 Å². The van der Waals surface area contributed by atoms with Gasteiger partial charge in [0.15, 0.2) is 0 Å². The van der Waals surface area contributed by atoms with Gasteiger partial charge in [-0.3, -0.25) is 9.59 Å². The van der Waals surface area contributed by atoms with Crippen LogP contribution in [0.15, 0.2) is 0 Å². The zero-order valence-electron chi connectivity index (χ0n) is 10.2. The highest BCUT2D eigenvalue weighted by molar-refractivity contribution is 5.75. The summed E-state index contributed by atoms with van der Waals surface area (Å²) in [5, 5.41) is 8.92. The molecule has 2 atom stereocenters. The first-order valence-electron chi connectivity index (χ1n) is 5.68. The number of methoxy groups -OCH3 is 1. The van der Waals surface area contributed by atoms with E-state index >= 15 is 0 Å². The van der Waals surface area contributed by atoms with Crippen LogP contribution >= 0.6 is 0 Å². The Balaban J connectivity index is 2.87. The molecular weight excluding hydrogens is 208 g/mol. The van der Waals surface area contributed by atoms with Gasteiger partial charge in [-0.25, -0.2) is 0 Å². The number of rotatable bonds is 3. The fourth-order valence-electron chi connectivity index (χ4n) is 2.75. The molecule has 0 saturated heterocycles. The molecule has 0 amide bonds. The van der Waals surface area contributed by atoms with Gasteiger partial charge in [0, 0.05) is 6.42 Å². The lowest BCUT2D eigenvalue weighted by molar-refractivity contribution is -0.154. The summed E-state index contributed by atoms with van der Waals surface area (Å²) in [5.41, 5.74) is -0.102. The lowest BCUT2D eigenvalue weighted by Crippen LogP contribution is -2.40. The number of esters is 1. The molecule has 0 aliphatic heterocycles. The maximum Gasteiger partial charge on any atom is 0.308 e. The molecule has 0 heterocycles. The molecule has 0 spiro atoms. The smallest absolute Gasteiger partial charge is 0.308 e. The number of aliphatic carboxylic acids is 1. The van der Waals surface area contributed by atoms with E-state index in [0.29, 0.717) is 0 Å². The second kappa shape index (κ2) is 4.85. The van der Waals surface area contributed by atoms with Gasteiger partial charge in [0.05, 0.1) is 13.0 Å². The normalized spacial score (nSPS) is 28.4. The first-order valence-corrected chi connectivity index (χ1v) is 5.68. The Labute approximate surface area is 96.0 Å². The van der Waals surface area contributed by atoms with Crippen LogP contribution in [0.3, 0.4) is 0 Å². The highest BCUT2D eigenvalue weighted by Crippen LogP contribution is 2.46. The summed E-state index contributed by atoms with van der Waals surface area (Å²) in [6.07, 6.45) is 2.72. The molecule has 0 aromatic heterocycles. The van der Waals surface area contributed by atoms with E-state index in [0.717, 1.165) is 19.3 Å². The molecule has 0 bridgehead atoms. The van der Waals surface area contributed by atoms with Crippen molar-refractivity contribution in [1.29, 1.82) is 0 Å². The predicted molar refractivity (Wildman–Crippen MR) is 58.9 cm³/mol. The minimum absolute atomic E-state index is 0.0484. The van der Waals surface area contributed by atoms with E-state index in [1.54, 1.807) is 0 Å². The standard InChI is InChI=1S/C12H20O4/c1-12(2)6-4-5-8(11(15)16-3)9(12)7-10(13)14/h8-9H,4-7H2,1-3H3,(H,13,14)/t8-,9+/m0/s1. The third-order valence-corrected chi connectivity index (χ3v) is 3.72. The summed E-state index contributed by atoms with van der Waals surface area (Å²) in [7, 11) is 1.36. The van der Waals surface area contributed by atoms with Gasteiger partial charge in [-0.1, -0.05) is 20.3 Å². The van der Waals surface area contributed by atoms with Crippen LogP contribution < -0.4 is 0 Å². The zero-order valence-corrected chi connectivity index (χ0v) is 10.2. The summed E-state index contributed by atoms with van der Waals surface area (Å²) >= 11 is 0. The number of carbonyl (C=O) groups excluding carboxylic acids is 1. The van der Waals surface area contributed by atoms with E-state index in [4.69, 9.17) is 9.84 Å². The van der Waals surface area contributed by atoms with Crippen molar-refractivity contribution < 1.29 is 19.4 Å². The molecule has 0 radical (unpaired) electrons. The molecule has 0 unspecified atom stereocenters. The molecule has 4 nitrogen and oxygen atoms in total. The van der Waals surface area contributed by atoms with E-state index in [2.05, 4.69) is 0 Å². The lowest BCUT2D eigenvalue weighted by Gasteiger charge is -2.42. The fraction of sp³-hybridized carbons (Fsp3) is 0.833. The quantitative estimate of drug-likeness (QED) is 0.751. The highest BCUT2D eigenvalue weighted by atomic mass is 16.5. The SMILES string of the molecule is COC(=O)[C@H]1CCCC(C)(C)[C@@H]1CC(=O)O. The van der Waals surface area contributed by atoms with Gasteiger partial charge in [0.25, 0.3) is 0 Å². The molecule has 1 aliphatic carbocycles. The van der Waals surface area contributed by atoms with E-state index in [9.17, 15) is 9.59 Å². The van der Waals surface area contributed by atoms with E-state index in [1.807, 2.05) is 13.8 Å². The third-order valence-electron chi connectivity index (χ3n) is 3.72. The maximum atomic E-state index is 11.6. The summed E-state index contributed by atoms with van der Waals surface area (Å²) in [6.45, 7) is 4.07. The van der Waals surface area contributed by atoms with Crippen molar-refractivity contribution in [2.75, 3.05) is 7.11 Å². The van der Waals surface area contributed by atoms with Crippen LogP contribution in [-0.4, -0.2) is 24.2 Å². The predicted octanol–water partition coefficient (Wildman–Crippen LogP) is 2.08. The van der Waals surface area contributed by atoms with Crippen molar-refractivity contribution in [1.82, 2.24) is 0 Å². The Morgan fingerprint density at radius 3 is 2.56 bits per heavy atom. The molecule has 1 rings (SSSR count). The summed E-state index contributed by atoms with van der Waals surface area (Å²) < 4.78 is 4.76. The Hall–Kier alpha value is -1.06. The Morgan fingerprint density at radius 1 is 1.44 bits per heavy atom. The minimum Gasteiger partial charge on any atom is -0.481 e. The molecule has 0 aromatic carbocycles. The second-order valence-corrected chi connectivity index (χ2v) is 5.21. The highest BCUT2D eigenvalue weighted by Gasteiger charge is 2.43. The summed E-state index contributed by atoms with van der Waals surface area (Å²) in [5.74, 6) is -1.48. The molecular formula is C12H20O4. The third kappa shape index (κ3) is 2.74. The van der Waals surface area contributed by atoms with Crippen molar-refractivity contribution in [3.8, 4) is 0 Å². The monoisotopic (exact) mass is 228 g/mol. The molecule has 1 saturated carbocycles. The molecule has 1 fully saturated rings. The van der Waals surface area contributed by atoms with Gasteiger partial charge in [0.1, 0.15) is 0 Å². The molecule has 1 aliphatic rings. The number of hydrogen-bond donors (Lipinski definition) is 1. The van der Waals surface area contributed by atoms with Gasteiger partial charge in [0.2, 0.25) is 0 Å². The fourth-order valence-corrected chi connectivity index (χ4v) is 2.75. The van der Waals surface area contributed by atoms with Crippen molar-refractivity contribution in [2.45, 2.75) is 39.5 Å². The Kier molecular flexibility index (Phi) is 3.94. The zero-order chi connectivity index (χ0) is 12.3. The van der Waals surface area contributed by atoms with E-state index < -0.39 is 5.97 Å². The van der Waals surface area contributed by atoms with Crippen LogP contribution in [0.25, 0.3) is 0 Å². The molecule has 1 N–H and O–H groups in total. The lowest BCUT2D eigenvalue weighted by atomic mass is 9.62. The maximum absolute atomic E-state index is 11.6. The second-order valence-electron chi connectivity index (χ2n) is 5.21. The van der Waals surface area contributed by atoms with Crippen LogP contribution in [0, 0.1) is 17.3 Å². The number of carboxylic acid groups (broad SMARTS) is 1. The van der Waals surface area contributed by atoms with Crippen LogP contribution in [0.4, 0.5) is 0 Å². The van der Waals surface area contributed by atoms with Crippen molar-refractivity contribution in [3.05, 3.63) is 0 Å². The van der Waals surface area contributed by atoms with Crippen LogP contribution in [-0.2, 0) is 14.3 Å². The first kappa shape index (κ1) is 13.0. The number of carbonyl (C=O) groups is 2. The van der Waals surface area contributed by atoms with E-state index in [-0.39, 0.29) is 29.6 Å². The topological polar surface area (TPSA) is 63.6 Å². The molecule has 92 valence electrons. The largest absolute Gasteiger partial charge is 0.481 e. The number of ether oxygens (including phenoxy) is 1. The van der Waals surface area contributed by atoms with Gasteiger partial charge in [-0.05, 0) is 24.2 Å². The summed E-state index contributed by atoms with van der Waals surface area (Å²) in [6, 6.07) is 0. The molecule has 0 aromatic rings. The van der Waals surface area contributed by atoms with Crippen LogP contribution in [0.1, 0.15) is 39.5 Å². The van der Waals surface area contributed by atoms with Crippen molar-refractivity contribution in [2.24, 2.45) is 17.3 Å². The van der Waals surface area contributed by atoms with Gasteiger partial charge < -0.3 is 9.84 Å². The molecule has 16 heavy (non-hydrogen) atoms. The molecule has 4 heteroatoms. The average Bonchev–Trinajstić information content (AvgIpc) is 2.19. The Morgan fingerprint density at radius 2 is 2.06 bits per heavy atom.